The van der Waals surface area contributed by atoms with Crippen molar-refractivity contribution in [3.05, 3.63) is 0 Å². The predicted molar refractivity (Wildman–Crippen MR) is 143 cm³/mol. The Morgan fingerprint density at radius 3 is 1.31 bits per heavy atom. The first-order chi connectivity index (χ1) is 15.7. The second kappa shape index (κ2) is 26.7. The van der Waals surface area contributed by atoms with Crippen LogP contribution in [0.5, 0.6) is 0 Å². The Kier molecular flexibility index (Phi) is 26.2. The van der Waals surface area contributed by atoms with Crippen LogP contribution in [0.3, 0.4) is 0 Å². The summed E-state index contributed by atoms with van der Waals surface area (Å²) >= 11 is 0. The minimum atomic E-state index is 0.253. The smallest absolute Gasteiger partial charge is 0.219 e. The number of nitrogens with zero attached hydrogens (tertiary/aromatic N) is 1. The van der Waals surface area contributed by atoms with Gasteiger partial charge >= 0.3 is 0 Å². The van der Waals surface area contributed by atoms with Crippen molar-refractivity contribution in [2.75, 3.05) is 26.2 Å². The number of rotatable bonds is 26. The molecule has 0 radical (unpaired) electrons. The van der Waals surface area contributed by atoms with Gasteiger partial charge in [-0.05, 0) is 45.3 Å². The van der Waals surface area contributed by atoms with E-state index in [2.05, 4.69) is 31.0 Å². The lowest BCUT2D eigenvalue weighted by Crippen LogP contribution is -2.31. The van der Waals surface area contributed by atoms with E-state index in [-0.39, 0.29) is 5.91 Å². The zero-order valence-electron chi connectivity index (χ0n) is 22.5. The molecule has 0 aromatic heterocycles. The fourth-order valence-electron chi connectivity index (χ4n) is 4.60. The van der Waals surface area contributed by atoms with Crippen LogP contribution in [0.2, 0.25) is 0 Å². The predicted octanol–water partition coefficient (Wildman–Crippen LogP) is 8.66. The lowest BCUT2D eigenvalue weighted by atomic mass is 10.0. The minimum absolute atomic E-state index is 0.253. The molecule has 3 heteroatoms. The highest BCUT2D eigenvalue weighted by atomic mass is 16.1. The molecular formula is C29H60N2O. The van der Waals surface area contributed by atoms with Crippen LogP contribution < -0.4 is 5.32 Å². The first-order valence-electron chi connectivity index (χ1n) is 14.7. The lowest BCUT2D eigenvalue weighted by Gasteiger charge is -2.20. The van der Waals surface area contributed by atoms with Gasteiger partial charge in [0.2, 0.25) is 5.91 Å². The molecule has 0 saturated heterocycles. The van der Waals surface area contributed by atoms with Crippen molar-refractivity contribution in [3.63, 3.8) is 0 Å². The van der Waals surface area contributed by atoms with Crippen molar-refractivity contribution in [2.45, 2.75) is 156 Å². The summed E-state index contributed by atoms with van der Waals surface area (Å²) in [6, 6.07) is 0. The summed E-state index contributed by atoms with van der Waals surface area (Å²) in [5.41, 5.74) is 0. The monoisotopic (exact) mass is 452 g/mol. The van der Waals surface area contributed by atoms with E-state index in [0.717, 1.165) is 25.9 Å². The molecule has 32 heavy (non-hydrogen) atoms. The van der Waals surface area contributed by atoms with Gasteiger partial charge in [-0.2, -0.15) is 0 Å². The van der Waals surface area contributed by atoms with Gasteiger partial charge in [0.05, 0.1) is 0 Å². The highest BCUT2D eigenvalue weighted by Crippen LogP contribution is 2.14. The van der Waals surface area contributed by atoms with Crippen LogP contribution in [0.25, 0.3) is 0 Å². The van der Waals surface area contributed by atoms with Crippen LogP contribution in [0.1, 0.15) is 156 Å². The molecular weight excluding hydrogens is 392 g/mol. The quantitative estimate of drug-likeness (QED) is 0.133. The lowest BCUT2D eigenvalue weighted by molar-refractivity contribution is -0.121. The van der Waals surface area contributed by atoms with Gasteiger partial charge in [0.1, 0.15) is 0 Å². The first kappa shape index (κ1) is 31.4. The third kappa shape index (κ3) is 24.1. The summed E-state index contributed by atoms with van der Waals surface area (Å²) in [5, 5.41) is 3.11. The standard InChI is InChI=1S/C29H60N2O/c1-4-7-8-9-10-11-12-13-14-15-16-17-18-19-20-21-22-24-29(32)30-25-23-28-31(26-5-2)27-6-3/h4-28H2,1-3H3,(H,30,32). The Hall–Kier alpha value is -0.570. The number of hydrogen-bond donors (Lipinski definition) is 1. The molecule has 0 bridgehead atoms. The summed E-state index contributed by atoms with van der Waals surface area (Å²) in [5.74, 6) is 0.253. The summed E-state index contributed by atoms with van der Waals surface area (Å²) in [4.78, 5) is 14.5. The van der Waals surface area contributed by atoms with Crippen LogP contribution in [-0.4, -0.2) is 37.0 Å². The van der Waals surface area contributed by atoms with Crippen molar-refractivity contribution in [3.8, 4) is 0 Å². The average molecular weight is 453 g/mol. The van der Waals surface area contributed by atoms with E-state index in [1.807, 2.05) is 0 Å². The van der Waals surface area contributed by atoms with Crippen molar-refractivity contribution >= 4 is 5.91 Å². The second-order valence-corrected chi connectivity index (χ2v) is 9.95. The van der Waals surface area contributed by atoms with Crippen LogP contribution in [0.15, 0.2) is 0 Å². The number of unbranched alkanes of at least 4 members (excludes halogenated alkanes) is 16. The van der Waals surface area contributed by atoms with Gasteiger partial charge < -0.3 is 10.2 Å². The van der Waals surface area contributed by atoms with E-state index in [4.69, 9.17) is 0 Å². The number of nitrogens with one attached hydrogen (secondary N) is 1. The SMILES string of the molecule is CCCCCCCCCCCCCCCCCCCC(=O)NCCCN(CCC)CCC. The number of carbonyl (C=O) groups is 1. The Bertz CT molecular complexity index is 366. The Balaban J connectivity index is 3.25. The van der Waals surface area contributed by atoms with Crippen molar-refractivity contribution in [1.29, 1.82) is 0 Å². The van der Waals surface area contributed by atoms with E-state index in [9.17, 15) is 4.79 Å². The molecule has 3 nitrogen and oxygen atoms in total. The first-order valence-corrected chi connectivity index (χ1v) is 14.7. The van der Waals surface area contributed by atoms with Gasteiger partial charge in [-0.15, -0.1) is 0 Å². The number of hydrogen-bond acceptors (Lipinski definition) is 2. The van der Waals surface area contributed by atoms with Crippen LogP contribution in [0, 0.1) is 0 Å². The molecule has 0 aromatic carbocycles. The molecule has 1 N–H and O–H groups in total. The second-order valence-electron chi connectivity index (χ2n) is 9.95. The molecule has 0 fully saturated rings. The zero-order chi connectivity index (χ0) is 23.5. The van der Waals surface area contributed by atoms with Gasteiger partial charge in [-0.3, -0.25) is 4.79 Å². The van der Waals surface area contributed by atoms with Crippen LogP contribution in [-0.2, 0) is 4.79 Å². The minimum Gasteiger partial charge on any atom is -0.356 e. The van der Waals surface area contributed by atoms with Crippen LogP contribution in [0.4, 0.5) is 0 Å². The molecule has 0 unspecified atom stereocenters. The molecule has 192 valence electrons. The Morgan fingerprint density at radius 1 is 0.500 bits per heavy atom. The average Bonchev–Trinajstić information content (AvgIpc) is 2.79. The third-order valence-electron chi connectivity index (χ3n) is 6.56. The number of carbonyl (C=O) groups excluding carboxylic acids is 1. The molecule has 0 aliphatic rings. The maximum Gasteiger partial charge on any atom is 0.219 e. The van der Waals surface area contributed by atoms with Gasteiger partial charge in [0.15, 0.2) is 0 Å². The fraction of sp³-hybridized carbons (Fsp3) is 0.966. The highest BCUT2D eigenvalue weighted by molar-refractivity contribution is 5.75. The van der Waals surface area contributed by atoms with Crippen molar-refractivity contribution in [2.24, 2.45) is 0 Å². The maximum atomic E-state index is 12.0. The highest BCUT2D eigenvalue weighted by Gasteiger charge is 2.04. The normalized spacial score (nSPS) is 11.4. The fourth-order valence-corrected chi connectivity index (χ4v) is 4.60. The van der Waals surface area contributed by atoms with Gasteiger partial charge in [0.25, 0.3) is 0 Å². The van der Waals surface area contributed by atoms with Crippen molar-refractivity contribution in [1.82, 2.24) is 10.2 Å². The third-order valence-corrected chi connectivity index (χ3v) is 6.56. The zero-order valence-corrected chi connectivity index (χ0v) is 22.5. The molecule has 0 spiro atoms. The van der Waals surface area contributed by atoms with E-state index < -0.39 is 0 Å². The van der Waals surface area contributed by atoms with Crippen LogP contribution >= 0.6 is 0 Å². The molecule has 0 atom stereocenters. The Morgan fingerprint density at radius 2 is 0.906 bits per heavy atom. The van der Waals surface area contributed by atoms with Gasteiger partial charge in [0, 0.05) is 13.0 Å². The molecule has 0 heterocycles. The Labute approximate surface area is 202 Å². The summed E-state index contributed by atoms with van der Waals surface area (Å²) in [6.45, 7) is 11.1. The van der Waals surface area contributed by atoms with Crippen molar-refractivity contribution < 1.29 is 4.79 Å². The maximum absolute atomic E-state index is 12.0. The molecule has 0 rings (SSSR count). The molecule has 0 saturated carbocycles. The summed E-state index contributed by atoms with van der Waals surface area (Å²) < 4.78 is 0. The molecule has 0 aliphatic heterocycles. The van der Waals surface area contributed by atoms with E-state index in [1.165, 1.54) is 129 Å². The van der Waals surface area contributed by atoms with E-state index in [1.54, 1.807) is 0 Å². The number of amides is 1. The summed E-state index contributed by atoms with van der Waals surface area (Å²) in [7, 11) is 0. The molecule has 0 aromatic rings. The topological polar surface area (TPSA) is 32.3 Å². The summed E-state index contributed by atoms with van der Waals surface area (Å²) in [6.07, 6.45) is 27.7. The molecule has 0 aliphatic carbocycles. The van der Waals surface area contributed by atoms with E-state index in [0.29, 0.717) is 6.42 Å². The van der Waals surface area contributed by atoms with Gasteiger partial charge in [-0.1, -0.05) is 124 Å². The van der Waals surface area contributed by atoms with Gasteiger partial charge in [-0.25, -0.2) is 0 Å². The largest absolute Gasteiger partial charge is 0.356 e. The van der Waals surface area contributed by atoms with E-state index >= 15 is 0 Å². The molecule has 1 amide bonds.